The highest BCUT2D eigenvalue weighted by molar-refractivity contribution is 5.85. The molecule has 0 saturated carbocycles. The summed E-state index contributed by atoms with van der Waals surface area (Å²) in [5, 5.41) is 3.78. The van der Waals surface area contributed by atoms with E-state index in [1.54, 1.807) is 12.1 Å². The van der Waals surface area contributed by atoms with Gasteiger partial charge in [0.1, 0.15) is 18.2 Å². The lowest BCUT2D eigenvalue weighted by Gasteiger charge is -2.37. The molecule has 178 valence electrons. The summed E-state index contributed by atoms with van der Waals surface area (Å²) in [6.45, 7) is 0.369. The van der Waals surface area contributed by atoms with Gasteiger partial charge in [0.15, 0.2) is 0 Å². The summed E-state index contributed by atoms with van der Waals surface area (Å²) in [5.74, 6) is 1.49. The molecule has 0 aromatic heterocycles. The van der Waals surface area contributed by atoms with Crippen molar-refractivity contribution in [1.82, 2.24) is 0 Å². The van der Waals surface area contributed by atoms with Gasteiger partial charge < -0.3 is 10.1 Å². The van der Waals surface area contributed by atoms with Crippen molar-refractivity contribution in [2.45, 2.75) is 25.0 Å². The van der Waals surface area contributed by atoms with E-state index in [1.165, 1.54) is 28.9 Å². The summed E-state index contributed by atoms with van der Waals surface area (Å²) < 4.78 is 19.1. The topological polar surface area (TPSA) is 33.6 Å². The number of anilines is 1. The molecule has 4 aromatic rings. The van der Waals surface area contributed by atoms with Crippen molar-refractivity contribution in [1.29, 1.82) is 0 Å². The molecule has 1 N–H and O–H groups in total. The van der Waals surface area contributed by atoms with E-state index >= 15 is 0 Å². The van der Waals surface area contributed by atoms with Gasteiger partial charge in [0.2, 0.25) is 0 Å². The first kappa shape index (κ1) is 22.3. The number of nitrogens with one attached hydrogen (secondary N) is 1. The van der Waals surface area contributed by atoms with Gasteiger partial charge in [-0.25, -0.2) is 4.39 Å². The third kappa shape index (κ3) is 4.55. The van der Waals surface area contributed by atoms with Crippen molar-refractivity contribution in [2.24, 2.45) is 10.9 Å². The smallest absolute Gasteiger partial charge is 0.128 e. The van der Waals surface area contributed by atoms with E-state index in [4.69, 9.17) is 9.73 Å². The number of ether oxygens (including phenoxy) is 1. The van der Waals surface area contributed by atoms with Crippen molar-refractivity contribution >= 4 is 17.6 Å². The number of hydrogen-bond acceptors (Lipinski definition) is 3. The van der Waals surface area contributed by atoms with Crippen LogP contribution in [0.5, 0.6) is 5.75 Å². The highest BCUT2D eigenvalue weighted by atomic mass is 19.1. The minimum atomic E-state index is -0.249. The van der Waals surface area contributed by atoms with Gasteiger partial charge >= 0.3 is 0 Å². The van der Waals surface area contributed by atoms with Gasteiger partial charge in [0.05, 0.1) is 11.7 Å². The summed E-state index contributed by atoms with van der Waals surface area (Å²) in [6.07, 6.45) is 7.61. The first-order valence-electron chi connectivity index (χ1n) is 12.4. The molecule has 0 fully saturated rings. The molecule has 0 bridgehead atoms. The van der Waals surface area contributed by atoms with Crippen LogP contribution in [0.2, 0.25) is 0 Å². The molecule has 0 amide bonds. The second kappa shape index (κ2) is 9.82. The predicted octanol–water partition coefficient (Wildman–Crippen LogP) is 7.98. The molecule has 0 saturated heterocycles. The Kier molecular flexibility index (Phi) is 6.08. The lowest BCUT2D eigenvalue weighted by molar-refractivity contribution is 0.305. The Balaban J connectivity index is 1.17. The molecule has 1 aliphatic carbocycles. The maximum atomic E-state index is 13.2. The molecule has 0 spiro atoms. The molecule has 0 radical (unpaired) electrons. The molecule has 3 atom stereocenters. The quantitative estimate of drug-likeness (QED) is 0.227. The lowest BCUT2D eigenvalue weighted by Crippen LogP contribution is -2.28. The molecule has 36 heavy (non-hydrogen) atoms. The highest BCUT2D eigenvalue weighted by Gasteiger charge is 2.37. The zero-order chi connectivity index (χ0) is 24.3. The summed E-state index contributed by atoms with van der Waals surface area (Å²) in [5.41, 5.74) is 6.62. The van der Waals surface area contributed by atoms with Crippen molar-refractivity contribution in [3.05, 3.63) is 137 Å². The maximum absolute atomic E-state index is 13.2. The summed E-state index contributed by atoms with van der Waals surface area (Å²) >= 11 is 0. The van der Waals surface area contributed by atoms with Gasteiger partial charge in [0.25, 0.3) is 0 Å². The van der Waals surface area contributed by atoms with E-state index in [0.29, 0.717) is 18.4 Å². The van der Waals surface area contributed by atoms with Gasteiger partial charge in [-0.3, -0.25) is 4.99 Å². The van der Waals surface area contributed by atoms with Crippen LogP contribution in [-0.2, 0) is 6.61 Å². The van der Waals surface area contributed by atoms with Gasteiger partial charge in [-0.1, -0.05) is 66.7 Å². The second-order valence-corrected chi connectivity index (χ2v) is 9.37. The third-order valence-electron chi connectivity index (χ3n) is 7.10. The van der Waals surface area contributed by atoms with E-state index in [2.05, 4.69) is 66.0 Å². The first-order chi connectivity index (χ1) is 17.7. The van der Waals surface area contributed by atoms with Crippen LogP contribution >= 0.6 is 0 Å². The lowest BCUT2D eigenvalue weighted by atomic mass is 9.77. The van der Waals surface area contributed by atoms with Crippen LogP contribution in [0.25, 0.3) is 0 Å². The van der Waals surface area contributed by atoms with E-state index < -0.39 is 0 Å². The Bertz CT molecular complexity index is 1410. The van der Waals surface area contributed by atoms with Crippen LogP contribution in [-0.4, -0.2) is 6.21 Å². The number of fused-ring (bicyclic) bond motifs is 3. The van der Waals surface area contributed by atoms with Crippen LogP contribution in [0.1, 0.15) is 40.6 Å². The second-order valence-electron chi connectivity index (χ2n) is 9.37. The Morgan fingerprint density at radius 1 is 0.889 bits per heavy atom. The van der Waals surface area contributed by atoms with Gasteiger partial charge in [-0.2, -0.15) is 0 Å². The van der Waals surface area contributed by atoms with E-state index in [-0.39, 0.29) is 11.9 Å². The summed E-state index contributed by atoms with van der Waals surface area (Å²) in [7, 11) is 0. The van der Waals surface area contributed by atoms with Crippen LogP contribution in [0.4, 0.5) is 15.8 Å². The average molecular weight is 475 g/mol. The molecule has 4 aromatic carbocycles. The summed E-state index contributed by atoms with van der Waals surface area (Å²) in [6, 6.07) is 31.6. The van der Waals surface area contributed by atoms with Gasteiger partial charge in [0, 0.05) is 23.4 Å². The number of halogens is 1. The Hall–Kier alpha value is -4.18. The fourth-order valence-electron chi connectivity index (χ4n) is 5.25. The SMILES string of the molecule is Fc1ccc(COc2ccccc2C=Nc2ccc([C@@H]3Nc4ccccc4[C@H]4C=CC[C@H]43)cc2)cc1. The number of allylic oxidation sites excluding steroid dienone is 2. The Morgan fingerprint density at radius 3 is 2.53 bits per heavy atom. The monoisotopic (exact) mass is 474 g/mol. The first-order valence-corrected chi connectivity index (χ1v) is 12.4. The number of aliphatic imine (C=N–C) groups is 1. The van der Waals surface area contributed by atoms with Crippen molar-refractivity contribution in [3.8, 4) is 5.75 Å². The largest absolute Gasteiger partial charge is 0.488 e. The molecule has 3 nitrogen and oxygen atoms in total. The Morgan fingerprint density at radius 2 is 1.67 bits per heavy atom. The van der Waals surface area contributed by atoms with Crippen molar-refractivity contribution < 1.29 is 9.13 Å². The third-order valence-corrected chi connectivity index (χ3v) is 7.10. The van der Waals surface area contributed by atoms with E-state index in [1.807, 2.05) is 30.5 Å². The fraction of sp³-hybridized carbons (Fsp3) is 0.156. The van der Waals surface area contributed by atoms with Crippen molar-refractivity contribution in [3.63, 3.8) is 0 Å². The number of benzene rings is 4. The van der Waals surface area contributed by atoms with Crippen LogP contribution in [0, 0.1) is 11.7 Å². The number of hydrogen-bond donors (Lipinski definition) is 1. The normalized spacial score (nSPS) is 20.1. The predicted molar refractivity (Wildman–Crippen MR) is 144 cm³/mol. The zero-order valence-corrected chi connectivity index (χ0v) is 19.8. The Labute approximate surface area is 211 Å². The zero-order valence-electron chi connectivity index (χ0n) is 19.8. The number of para-hydroxylation sites is 2. The van der Waals surface area contributed by atoms with Gasteiger partial charge in [-0.15, -0.1) is 0 Å². The van der Waals surface area contributed by atoms with Crippen LogP contribution < -0.4 is 10.1 Å². The molecule has 4 heteroatoms. The maximum Gasteiger partial charge on any atom is 0.128 e. The highest BCUT2D eigenvalue weighted by Crippen LogP contribution is 2.49. The molecule has 6 rings (SSSR count). The molecular weight excluding hydrogens is 447 g/mol. The average Bonchev–Trinajstić information content (AvgIpc) is 3.42. The van der Waals surface area contributed by atoms with Gasteiger partial charge in [-0.05, 0) is 71.5 Å². The molecular formula is C32H27FN2O. The van der Waals surface area contributed by atoms with E-state index in [0.717, 1.165) is 29.0 Å². The standard InChI is InChI=1S/C32H27FN2O/c33-25-16-12-22(13-17-25)21-36-31-11-4-1-6-24(31)20-34-26-18-14-23(15-19-26)32-29-9-5-8-27(29)28-7-2-3-10-30(28)35-32/h1-8,10-20,27,29,32,35H,9,21H2/t27-,29-,32+/m1/s1. The van der Waals surface area contributed by atoms with Crippen LogP contribution in [0.3, 0.4) is 0 Å². The molecule has 1 aliphatic heterocycles. The number of nitrogens with zero attached hydrogens (tertiary/aromatic N) is 1. The molecule has 1 heterocycles. The minimum absolute atomic E-state index is 0.249. The van der Waals surface area contributed by atoms with E-state index in [9.17, 15) is 4.39 Å². The van der Waals surface area contributed by atoms with Crippen LogP contribution in [0.15, 0.2) is 114 Å². The minimum Gasteiger partial charge on any atom is -0.488 e. The summed E-state index contributed by atoms with van der Waals surface area (Å²) in [4.78, 5) is 4.71. The number of rotatable bonds is 6. The van der Waals surface area contributed by atoms with Crippen molar-refractivity contribution in [2.75, 3.05) is 5.32 Å². The molecule has 0 unspecified atom stereocenters. The fourth-order valence-corrected chi connectivity index (χ4v) is 5.25. The molecule has 2 aliphatic rings.